The van der Waals surface area contributed by atoms with Gasteiger partial charge in [0.2, 0.25) is 0 Å². The lowest BCUT2D eigenvalue weighted by molar-refractivity contribution is 0.188. The van der Waals surface area contributed by atoms with Gasteiger partial charge in [0, 0.05) is 42.0 Å². The quantitative estimate of drug-likeness (QED) is 0.898. The maximum absolute atomic E-state index is 3.39. The van der Waals surface area contributed by atoms with E-state index in [4.69, 9.17) is 0 Å². The molecule has 5 heteroatoms. The van der Waals surface area contributed by atoms with Crippen LogP contribution in [0.2, 0.25) is 0 Å². The Balaban J connectivity index is 0.00000112. The maximum Gasteiger partial charge on any atom is 0.0414 e. The van der Waals surface area contributed by atoms with Crippen LogP contribution in [0, 0.1) is 6.92 Å². The van der Waals surface area contributed by atoms with Crippen LogP contribution in [0.5, 0.6) is 0 Å². The lowest BCUT2D eigenvalue weighted by Crippen LogP contribution is -2.44. The molecule has 2 rings (SSSR count). The number of thiophene rings is 1. The summed E-state index contributed by atoms with van der Waals surface area (Å²) in [7, 11) is 0. The second-order valence-corrected chi connectivity index (χ2v) is 5.23. The fourth-order valence-corrected chi connectivity index (χ4v) is 2.89. The van der Waals surface area contributed by atoms with Crippen LogP contribution in [-0.2, 0) is 0 Å². The molecule has 0 bridgehead atoms. The van der Waals surface area contributed by atoms with Crippen LogP contribution < -0.4 is 5.32 Å². The first-order chi connectivity index (χ1) is 6.77. The van der Waals surface area contributed by atoms with Crippen molar-refractivity contribution in [1.29, 1.82) is 0 Å². The minimum atomic E-state index is 0. The van der Waals surface area contributed by atoms with Crippen molar-refractivity contribution in [2.45, 2.75) is 19.9 Å². The van der Waals surface area contributed by atoms with Crippen LogP contribution in [0.1, 0.15) is 22.7 Å². The molecule has 2 nitrogen and oxygen atoms in total. The highest BCUT2D eigenvalue weighted by atomic mass is 35.5. The van der Waals surface area contributed by atoms with Gasteiger partial charge in [-0.3, -0.25) is 4.90 Å². The summed E-state index contributed by atoms with van der Waals surface area (Å²) < 4.78 is 0. The summed E-state index contributed by atoms with van der Waals surface area (Å²) in [6.07, 6.45) is 0. The summed E-state index contributed by atoms with van der Waals surface area (Å²) in [5.41, 5.74) is 0. The molecule has 0 aliphatic carbocycles. The number of nitrogens with zero attached hydrogens (tertiary/aromatic N) is 1. The molecule has 1 aromatic rings. The zero-order valence-corrected chi connectivity index (χ0v) is 12.2. The molecule has 0 spiro atoms. The van der Waals surface area contributed by atoms with E-state index in [1.54, 1.807) is 0 Å². The lowest BCUT2D eigenvalue weighted by atomic mass is 10.2. The van der Waals surface area contributed by atoms with Crippen molar-refractivity contribution >= 4 is 36.2 Å². The first-order valence-corrected chi connectivity index (χ1v) is 6.10. The number of piperazine rings is 1. The average molecular weight is 283 g/mol. The van der Waals surface area contributed by atoms with E-state index in [1.165, 1.54) is 22.8 Å². The highest BCUT2D eigenvalue weighted by molar-refractivity contribution is 7.12. The Bertz CT molecular complexity index is 298. The van der Waals surface area contributed by atoms with Crippen LogP contribution in [0.3, 0.4) is 0 Å². The number of aryl methyl sites for hydroxylation is 1. The molecule has 1 N–H and O–H groups in total. The van der Waals surface area contributed by atoms with E-state index in [1.807, 2.05) is 11.3 Å². The molecule has 0 saturated carbocycles. The molecular formula is C11H20Cl2N2S. The average Bonchev–Trinajstić information content (AvgIpc) is 2.65. The van der Waals surface area contributed by atoms with Gasteiger partial charge in [0.1, 0.15) is 0 Å². The molecule has 2 heterocycles. The van der Waals surface area contributed by atoms with Crippen molar-refractivity contribution in [3.05, 3.63) is 21.9 Å². The summed E-state index contributed by atoms with van der Waals surface area (Å²) in [5.74, 6) is 0. The Morgan fingerprint density at radius 3 is 2.38 bits per heavy atom. The van der Waals surface area contributed by atoms with Crippen molar-refractivity contribution < 1.29 is 0 Å². The molecular weight excluding hydrogens is 263 g/mol. The van der Waals surface area contributed by atoms with Gasteiger partial charge in [0.15, 0.2) is 0 Å². The molecule has 0 radical (unpaired) electrons. The second kappa shape index (κ2) is 7.51. The summed E-state index contributed by atoms with van der Waals surface area (Å²) in [6, 6.07) is 5.08. The minimum absolute atomic E-state index is 0. The SMILES string of the molecule is Cc1ccc([C@@H](C)N2CCNCC2)s1.Cl.Cl. The molecule has 1 fully saturated rings. The summed E-state index contributed by atoms with van der Waals surface area (Å²) in [4.78, 5) is 5.48. The fraction of sp³-hybridized carbons (Fsp3) is 0.636. The molecule has 0 aromatic carbocycles. The molecule has 1 saturated heterocycles. The predicted molar refractivity (Wildman–Crippen MR) is 76.4 cm³/mol. The van der Waals surface area contributed by atoms with E-state index in [2.05, 4.69) is 36.2 Å². The van der Waals surface area contributed by atoms with E-state index < -0.39 is 0 Å². The lowest BCUT2D eigenvalue weighted by Gasteiger charge is -2.32. The minimum Gasteiger partial charge on any atom is -0.314 e. The van der Waals surface area contributed by atoms with E-state index in [0.29, 0.717) is 6.04 Å². The van der Waals surface area contributed by atoms with Crippen molar-refractivity contribution in [2.75, 3.05) is 26.2 Å². The van der Waals surface area contributed by atoms with Gasteiger partial charge in [-0.05, 0) is 26.0 Å². The molecule has 1 atom stereocenters. The topological polar surface area (TPSA) is 15.3 Å². The van der Waals surface area contributed by atoms with Gasteiger partial charge in [0.25, 0.3) is 0 Å². The van der Waals surface area contributed by atoms with Gasteiger partial charge in [-0.25, -0.2) is 0 Å². The number of halogens is 2. The van der Waals surface area contributed by atoms with Crippen LogP contribution in [0.25, 0.3) is 0 Å². The Kier molecular flexibility index (Phi) is 7.61. The Hall–Kier alpha value is 0.200. The number of nitrogens with one attached hydrogen (secondary N) is 1. The number of hydrogen-bond donors (Lipinski definition) is 1. The summed E-state index contributed by atoms with van der Waals surface area (Å²) in [5, 5.41) is 3.39. The van der Waals surface area contributed by atoms with Crippen molar-refractivity contribution in [3.63, 3.8) is 0 Å². The molecule has 1 aliphatic heterocycles. The van der Waals surface area contributed by atoms with E-state index in [0.717, 1.165) is 13.1 Å². The standard InChI is InChI=1S/C11H18N2S.2ClH/c1-9-3-4-11(14-9)10(2)13-7-5-12-6-8-13;;/h3-4,10,12H,5-8H2,1-2H3;2*1H/t10-;;/m1../s1. The van der Waals surface area contributed by atoms with Crippen LogP contribution in [0.15, 0.2) is 12.1 Å². The van der Waals surface area contributed by atoms with E-state index in [9.17, 15) is 0 Å². The molecule has 0 unspecified atom stereocenters. The molecule has 94 valence electrons. The molecule has 16 heavy (non-hydrogen) atoms. The monoisotopic (exact) mass is 282 g/mol. The van der Waals surface area contributed by atoms with Crippen LogP contribution in [0.4, 0.5) is 0 Å². The van der Waals surface area contributed by atoms with Gasteiger partial charge >= 0.3 is 0 Å². The number of hydrogen-bond acceptors (Lipinski definition) is 3. The second-order valence-electron chi connectivity index (χ2n) is 3.91. The van der Waals surface area contributed by atoms with Crippen molar-refractivity contribution in [1.82, 2.24) is 10.2 Å². The van der Waals surface area contributed by atoms with Gasteiger partial charge in [-0.2, -0.15) is 0 Å². The Labute approximate surface area is 114 Å². The number of rotatable bonds is 2. The van der Waals surface area contributed by atoms with Gasteiger partial charge in [0.05, 0.1) is 0 Å². The van der Waals surface area contributed by atoms with Crippen LogP contribution in [-0.4, -0.2) is 31.1 Å². The largest absolute Gasteiger partial charge is 0.314 e. The summed E-state index contributed by atoms with van der Waals surface area (Å²) in [6.45, 7) is 9.12. The molecule has 0 amide bonds. The first-order valence-electron chi connectivity index (χ1n) is 5.28. The van der Waals surface area contributed by atoms with Gasteiger partial charge in [-0.1, -0.05) is 0 Å². The Morgan fingerprint density at radius 1 is 1.25 bits per heavy atom. The normalized spacial score (nSPS) is 18.4. The highest BCUT2D eigenvalue weighted by Gasteiger charge is 2.18. The molecule has 1 aromatic heterocycles. The summed E-state index contributed by atoms with van der Waals surface area (Å²) >= 11 is 1.93. The van der Waals surface area contributed by atoms with Crippen LogP contribution >= 0.6 is 36.2 Å². The van der Waals surface area contributed by atoms with Gasteiger partial charge in [-0.15, -0.1) is 36.2 Å². The predicted octanol–water partition coefficient (Wildman–Crippen LogP) is 2.87. The van der Waals surface area contributed by atoms with Crippen molar-refractivity contribution in [3.8, 4) is 0 Å². The van der Waals surface area contributed by atoms with Gasteiger partial charge < -0.3 is 5.32 Å². The van der Waals surface area contributed by atoms with Crippen molar-refractivity contribution in [2.24, 2.45) is 0 Å². The highest BCUT2D eigenvalue weighted by Crippen LogP contribution is 2.27. The molecule has 1 aliphatic rings. The Morgan fingerprint density at radius 2 is 1.88 bits per heavy atom. The zero-order valence-electron chi connectivity index (χ0n) is 9.73. The van der Waals surface area contributed by atoms with E-state index >= 15 is 0 Å². The van der Waals surface area contributed by atoms with E-state index in [-0.39, 0.29) is 24.8 Å². The third kappa shape index (κ3) is 3.90. The maximum atomic E-state index is 3.39. The smallest absolute Gasteiger partial charge is 0.0414 e. The first kappa shape index (κ1) is 16.2. The zero-order chi connectivity index (χ0) is 9.97. The third-order valence-corrected chi connectivity index (χ3v) is 4.04. The fourth-order valence-electron chi connectivity index (χ4n) is 1.93. The third-order valence-electron chi connectivity index (χ3n) is 2.87.